The highest BCUT2D eigenvalue weighted by molar-refractivity contribution is 7.98. The number of carbonyl (C=O) groups is 1. The molecule has 0 N–H and O–H groups in total. The average molecular weight is 407 g/mol. The summed E-state index contributed by atoms with van der Waals surface area (Å²) in [6.07, 6.45) is 0.622. The van der Waals surface area contributed by atoms with Crippen molar-refractivity contribution in [1.82, 2.24) is 15.4 Å². The quantitative estimate of drug-likeness (QED) is 0.295. The Kier molecular flexibility index (Phi) is 6.01. The van der Waals surface area contributed by atoms with Crippen molar-refractivity contribution in [3.05, 3.63) is 72.3 Å². The molecule has 0 atom stereocenters. The van der Waals surface area contributed by atoms with Crippen LogP contribution in [-0.4, -0.2) is 34.0 Å². The third kappa shape index (κ3) is 4.91. The van der Waals surface area contributed by atoms with Gasteiger partial charge in [0.1, 0.15) is 11.4 Å². The van der Waals surface area contributed by atoms with E-state index < -0.39 is 0 Å². The van der Waals surface area contributed by atoms with Crippen LogP contribution in [0.5, 0.6) is 5.75 Å². The Morgan fingerprint density at radius 3 is 2.55 bits per heavy atom. The number of thioether (sulfide) groups is 1. The molecule has 2 heterocycles. The number of aldehydes is 1. The van der Waals surface area contributed by atoms with E-state index in [1.165, 1.54) is 0 Å². The zero-order chi connectivity index (χ0) is 19.9. The maximum atomic E-state index is 10.7. The highest BCUT2D eigenvalue weighted by atomic mass is 32.2. The smallest absolute Gasteiger partial charge is 0.247 e. The van der Waals surface area contributed by atoms with Gasteiger partial charge >= 0.3 is 0 Å². The summed E-state index contributed by atoms with van der Waals surface area (Å²) in [5, 5.41) is 12.1. The molecular weight excluding hydrogens is 390 g/mol. The number of hydrogen-bond donors (Lipinski definition) is 0. The number of para-hydroxylation sites is 1. The Labute approximate surface area is 171 Å². The van der Waals surface area contributed by atoms with Crippen LogP contribution in [0.15, 0.2) is 69.6 Å². The Morgan fingerprint density at radius 2 is 1.79 bits per heavy atom. The third-order valence-electron chi connectivity index (χ3n) is 4.00. The second kappa shape index (κ2) is 9.20. The highest BCUT2D eigenvalue weighted by Crippen LogP contribution is 2.24. The fraction of sp³-hybridized carbons (Fsp3) is 0.143. The van der Waals surface area contributed by atoms with E-state index in [1.807, 2.05) is 54.6 Å². The summed E-state index contributed by atoms with van der Waals surface area (Å²) in [7, 11) is 0. The van der Waals surface area contributed by atoms with Gasteiger partial charge in [-0.2, -0.15) is 0 Å². The normalized spacial score (nSPS) is 10.8. The van der Waals surface area contributed by atoms with Crippen LogP contribution in [0.1, 0.15) is 16.4 Å². The second-order valence-electron chi connectivity index (χ2n) is 6.02. The highest BCUT2D eigenvalue weighted by Gasteiger charge is 2.10. The van der Waals surface area contributed by atoms with E-state index in [1.54, 1.807) is 17.8 Å². The predicted molar refractivity (Wildman–Crippen MR) is 109 cm³/mol. The zero-order valence-corrected chi connectivity index (χ0v) is 16.2. The molecule has 146 valence electrons. The van der Waals surface area contributed by atoms with Crippen LogP contribution in [0.3, 0.4) is 0 Å². The lowest BCUT2D eigenvalue weighted by molar-refractivity contribution is 0.109. The summed E-state index contributed by atoms with van der Waals surface area (Å²) in [6, 6.07) is 18.8. The van der Waals surface area contributed by atoms with Crippen LogP contribution in [-0.2, 0) is 5.75 Å². The first-order valence-corrected chi connectivity index (χ1v) is 10.1. The number of rotatable bonds is 9. The lowest BCUT2D eigenvalue weighted by Crippen LogP contribution is -2.00. The summed E-state index contributed by atoms with van der Waals surface area (Å²) in [5.74, 6) is 3.53. The van der Waals surface area contributed by atoms with Gasteiger partial charge in [0, 0.05) is 22.9 Å². The monoisotopic (exact) mass is 407 g/mol. The van der Waals surface area contributed by atoms with Crippen LogP contribution in [0.25, 0.3) is 22.7 Å². The molecule has 0 aliphatic carbocycles. The van der Waals surface area contributed by atoms with Crippen molar-refractivity contribution in [3.8, 4) is 28.5 Å². The van der Waals surface area contributed by atoms with Crippen molar-refractivity contribution < 1.29 is 18.5 Å². The average Bonchev–Trinajstić information content (AvgIpc) is 3.44. The minimum absolute atomic E-state index is 0.192. The molecular formula is C21H17N3O4S. The first-order chi connectivity index (χ1) is 14.3. The number of nitrogens with zero attached hydrogens (tertiary/aromatic N) is 3. The number of hydrogen-bond acceptors (Lipinski definition) is 8. The van der Waals surface area contributed by atoms with Gasteiger partial charge in [0.25, 0.3) is 0 Å². The summed E-state index contributed by atoms with van der Waals surface area (Å²) in [6.45, 7) is 0.616. The molecule has 0 amide bonds. The van der Waals surface area contributed by atoms with Gasteiger partial charge in [-0.3, -0.25) is 4.79 Å². The minimum Gasteiger partial charge on any atom is -0.493 e. The molecule has 0 aliphatic rings. The molecule has 0 radical (unpaired) electrons. The molecule has 0 saturated carbocycles. The van der Waals surface area contributed by atoms with Crippen LogP contribution in [0, 0.1) is 0 Å². The second-order valence-corrected chi connectivity index (χ2v) is 7.13. The largest absolute Gasteiger partial charge is 0.493 e. The molecule has 4 aromatic rings. The van der Waals surface area contributed by atoms with Gasteiger partial charge in [0.05, 0.1) is 12.4 Å². The van der Waals surface area contributed by atoms with Crippen molar-refractivity contribution in [1.29, 1.82) is 0 Å². The van der Waals surface area contributed by atoms with Gasteiger partial charge in [-0.1, -0.05) is 35.5 Å². The first kappa shape index (κ1) is 18.9. The van der Waals surface area contributed by atoms with E-state index >= 15 is 0 Å². The van der Waals surface area contributed by atoms with E-state index in [4.69, 9.17) is 13.7 Å². The first-order valence-electron chi connectivity index (χ1n) is 8.92. The molecule has 2 aromatic heterocycles. The van der Waals surface area contributed by atoms with Crippen molar-refractivity contribution in [2.24, 2.45) is 0 Å². The maximum Gasteiger partial charge on any atom is 0.247 e. The Balaban J connectivity index is 1.28. The van der Waals surface area contributed by atoms with Gasteiger partial charge in [-0.05, 0) is 24.3 Å². The van der Waals surface area contributed by atoms with E-state index in [2.05, 4.69) is 15.4 Å². The number of ether oxygens (including phenoxy) is 1. The third-order valence-corrected chi connectivity index (χ3v) is 4.91. The van der Waals surface area contributed by atoms with Crippen LogP contribution in [0.2, 0.25) is 0 Å². The van der Waals surface area contributed by atoms with Gasteiger partial charge in [-0.15, -0.1) is 22.0 Å². The van der Waals surface area contributed by atoms with Crippen molar-refractivity contribution in [3.63, 3.8) is 0 Å². The minimum atomic E-state index is 0.192. The van der Waals surface area contributed by atoms with E-state index in [0.717, 1.165) is 22.6 Å². The summed E-state index contributed by atoms with van der Waals surface area (Å²) in [4.78, 5) is 10.7. The maximum absolute atomic E-state index is 10.7. The van der Waals surface area contributed by atoms with Gasteiger partial charge in [-0.25, -0.2) is 0 Å². The molecule has 7 nitrogen and oxygen atoms in total. The van der Waals surface area contributed by atoms with Gasteiger partial charge < -0.3 is 13.7 Å². The summed E-state index contributed by atoms with van der Waals surface area (Å²) < 4.78 is 16.3. The molecule has 8 heteroatoms. The van der Waals surface area contributed by atoms with Gasteiger partial charge in [0.15, 0.2) is 12.0 Å². The van der Waals surface area contributed by atoms with Crippen LogP contribution in [0.4, 0.5) is 0 Å². The number of benzene rings is 2. The lowest BCUT2D eigenvalue weighted by Gasteiger charge is -2.04. The molecule has 2 aromatic carbocycles. The molecule has 0 aliphatic heterocycles. The van der Waals surface area contributed by atoms with Crippen LogP contribution >= 0.6 is 11.8 Å². The molecule has 29 heavy (non-hydrogen) atoms. The number of carbonyl (C=O) groups excluding carboxylic acids is 1. The predicted octanol–water partition coefficient (Wildman–Crippen LogP) is 4.52. The van der Waals surface area contributed by atoms with Crippen molar-refractivity contribution >= 4 is 18.0 Å². The molecule has 4 rings (SSSR count). The Hall–Kier alpha value is -3.39. The van der Waals surface area contributed by atoms with E-state index in [9.17, 15) is 4.79 Å². The summed E-state index contributed by atoms with van der Waals surface area (Å²) >= 11 is 1.67. The van der Waals surface area contributed by atoms with E-state index in [0.29, 0.717) is 36.1 Å². The Morgan fingerprint density at radius 1 is 1.00 bits per heavy atom. The Bertz CT molecular complexity index is 1060. The molecule has 0 unspecified atom stereocenters. The standard InChI is InChI=1S/C21H17N3O4S/c25-13-18-12-19(24-28-18)15-6-8-16(9-7-15)21-23-22-20(27-21)14-29-11-10-26-17-4-2-1-3-5-17/h1-9,12-13H,10-11,14H2. The molecule has 0 saturated heterocycles. The van der Waals surface area contributed by atoms with Crippen LogP contribution < -0.4 is 4.74 Å². The molecule has 0 spiro atoms. The fourth-order valence-corrected chi connectivity index (χ4v) is 3.22. The summed E-state index contributed by atoms with van der Waals surface area (Å²) in [5.41, 5.74) is 2.24. The van der Waals surface area contributed by atoms with Crippen molar-refractivity contribution in [2.75, 3.05) is 12.4 Å². The topological polar surface area (TPSA) is 91.2 Å². The van der Waals surface area contributed by atoms with Gasteiger partial charge in [0.2, 0.25) is 11.8 Å². The fourth-order valence-electron chi connectivity index (χ4n) is 2.59. The number of aromatic nitrogens is 3. The lowest BCUT2D eigenvalue weighted by atomic mass is 10.1. The molecule has 0 fully saturated rings. The van der Waals surface area contributed by atoms with Crippen molar-refractivity contribution in [2.45, 2.75) is 5.75 Å². The zero-order valence-electron chi connectivity index (χ0n) is 15.4. The molecule has 0 bridgehead atoms. The van der Waals surface area contributed by atoms with E-state index in [-0.39, 0.29) is 5.76 Å². The SMILES string of the molecule is O=Cc1cc(-c2ccc(-c3nnc(CSCCOc4ccccc4)o3)cc2)no1.